The van der Waals surface area contributed by atoms with Gasteiger partial charge in [-0.25, -0.2) is 15.0 Å². The van der Waals surface area contributed by atoms with Gasteiger partial charge in [-0.05, 0) is 36.8 Å². The van der Waals surface area contributed by atoms with Gasteiger partial charge in [0.1, 0.15) is 12.1 Å². The molecular formula is C32H42N6O2. The topological polar surface area (TPSA) is 86.1 Å². The quantitative estimate of drug-likeness (QED) is 0.211. The highest BCUT2D eigenvalue weighted by Crippen LogP contribution is 2.32. The van der Waals surface area contributed by atoms with Crippen molar-refractivity contribution in [1.29, 1.82) is 0 Å². The minimum Gasteiger partial charge on any atom is -0.382 e. The standard InChI is InChI=1S/C32H42N6O2/c1-4-25(5-2)33-19-18-28-36-31(30-32(37-28)38(22-35-30)29-17-16-26(40-29)21-39-3)34-20-27(23-12-8-6-9-13-23)24-14-10-7-11-15-24/h6-15,22,25-27,29,33H,4-5,16-21H2,1-3H3,(H,34,36,37)/t26-,29+/m0/s1. The van der Waals surface area contributed by atoms with E-state index < -0.39 is 0 Å². The molecular weight excluding hydrogens is 500 g/mol. The van der Waals surface area contributed by atoms with E-state index in [1.54, 1.807) is 7.11 Å². The molecule has 0 radical (unpaired) electrons. The van der Waals surface area contributed by atoms with Crippen molar-refractivity contribution in [3.63, 3.8) is 0 Å². The molecule has 2 aromatic heterocycles. The van der Waals surface area contributed by atoms with Crippen molar-refractivity contribution >= 4 is 17.0 Å². The number of aromatic nitrogens is 4. The van der Waals surface area contributed by atoms with Crippen LogP contribution in [-0.2, 0) is 15.9 Å². The van der Waals surface area contributed by atoms with Gasteiger partial charge in [-0.15, -0.1) is 0 Å². The van der Waals surface area contributed by atoms with Crippen LogP contribution in [0.15, 0.2) is 67.0 Å². The summed E-state index contributed by atoms with van der Waals surface area (Å²) >= 11 is 0. The molecule has 0 amide bonds. The molecule has 1 fully saturated rings. The molecule has 4 aromatic rings. The molecule has 1 saturated heterocycles. The van der Waals surface area contributed by atoms with Crippen molar-refractivity contribution < 1.29 is 9.47 Å². The van der Waals surface area contributed by atoms with Crippen LogP contribution in [0.1, 0.15) is 68.6 Å². The van der Waals surface area contributed by atoms with Crippen LogP contribution in [0.5, 0.6) is 0 Å². The van der Waals surface area contributed by atoms with Gasteiger partial charge in [-0.1, -0.05) is 74.5 Å². The Balaban J connectivity index is 1.44. The molecule has 212 valence electrons. The highest BCUT2D eigenvalue weighted by Gasteiger charge is 2.29. The average molecular weight is 543 g/mol. The summed E-state index contributed by atoms with van der Waals surface area (Å²) in [7, 11) is 1.72. The molecule has 1 aliphatic heterocycles. The number of nitrogens with one attached hydrogen (secondary N) is 2. The number of imidazole rings is 1. The minimum absolute atomic E-state index is 0.0908. The summed E-state index contributed by atoms with van der Waals surface area (Å²) in [5, 5.41) is 7.32. The van der Waals surface area contributed by atoms with Crippen LogP contribution in [0.25, 0.3) is 11.2 Å². The van der Waals surface area contributed by atoms with Crippen molar-refractivity contribution in [2.45, 2.75) is 70.2 Å². The van der Waals surface area contributed by atoms with Gasteiger partial charge in [0.25, 0.3) is 0 Å². The first kappa shape index (κ1) is 28.2. The van der Waals surface area contributed by atoms with E-state index in [0.717, 1.165) is 61.5 Å². The van der Waals surface area contributed by atoms with E-state index in [2.05, 4.69) is 89.7 Å². The normalized spacial score (nSPS) is 17.3. The van der Waals surface area contributed by atoms with Gasteiger partial charge in [-0.3, -0.25) is 4.57 Å². The zero-order valence-electron chi connectivity index (χ0n) is 23.9. The van der Waals surface area contributed by atoms with Crippen LogP contribution in [0, 0.1) is 0 Å². The molecule has 40 heavy (non-hydrogen) atoms. The lowest BCUT2D eigenvalue weighted by Crippen LogP contribution is -2.30. The molecule has 2 N–H and O–H groups in total. The van der Waals surface area contributed by atoms with Crippen molar-refractivity contribution in [2.24, 2.45) is 0 Å². The summed E-state index contributed by atoms with van der Waals surface area (Å²) in [5.74, 6) is 1.74. The Bertz CT molecular complexity index is 1290. The lowest BCUT2D eigenvalue weighted by atomic mass is 9.91. The van der Waals surface area contributed by atoms with Gasteiger partial charge in [0, 0.05) is 38.6 Å². The maximum Gasteiger partial charge on any atom is 0.167 e. The third kappa shape index (κ3) is 6.69. The summed E-state index contributed by atoms with van der Waals surface area (Å²) in [5.41, 5.74) is 4.11. The monoisotopic (exact) mass is 542 g/mol. The van der Waals surface area contributed by atoms with E-state index in [4.69, 9.17) is 24.4 Å². The second-order valence-corrected chi connectivity index (χ2v) is 10.5. The fourth-order valence-electron chi connectivity index (χ4n) is 5.57. The van der Waals surface area contributed by atoms with E-state index >= 15 is 0 Å². The highest BCUT2D eigenvalue weighted by molar-refractivity contribution is 5.83. The Kier molecular flexibility index (Phi) is 9.76. The average Bonchev–Trinajstić information content (AvgIpc) is 3.64. The lowest BCUT2D eigenvalue weighted by Gasteiger charge is -2.20. The van der Waals surface area contributed by atoms with Gasteiger partial charge < -0.3 is 20.1 Å². The zero-order chi connectivity index (χ0) is 27.7. The number of methoxy groups -OCH3 is 1. The third-order valence-electron chi connectivity index (χ3n) is 7.86. The van der Waals surface area contributed by atoms with Crippen molar-refractivity contribution in [1.82, 2.24) is 24.8 Å². The Hall–Kier alpha value is -3.33. The molecule has 8 heteroatoms. The summed E-state index contributed by atoms with van der Waals surface area (Å²) < 4.78 is 13.7. The van der Waals surface area contributed by atoms with Crippen molar-refractivity contribution in [2.75, 3.05) is 32.1 Å². The molecule has 3 heterocycles. The fraction of sp³-hybridized carbons (Fsp3) is 0.469. The summed E-state index contributed by atoms with van der Waals surface area (Å²) in [6.45, 7) is 6.56. The Labute approximate surface area is 237 Å². The molecule has 2 atom stereocenters. The van der Waals surface area contributed by atoms with Crippen LogP contribution in [0.4, 0.5) is 5.82 Å². The van der Waals surface area contributed by atoms with E-state index in [1.807, 2.05) is 6.33 Å². The molecule has 0 bridgehead atoms. The first-order valence-electron chi connectivity index (χ1n) is 14.6. The summed E-state index contributed by atoms with van der Waals surface area (Å²) in [4.78, 5) is 14.8. The Morgan fingerprint density at radius 1 is 0.975 bits per heavy atom. The largest absolute Gasteiger partial charge is 0.382 e. The van der Waals surface area contributed by atoms with Crippen LogP contribution < -0.4 is 10.6 Å². The predicted octanol–water partition coefficient (Wildman–Crippen LogP) is 5.72. The minimum atomic E-state index is -0.107. The number of hydrogen-bond acceptors (Lipinski definition) is 7. The molecule has 0 aliphatic carbocycles. The Morgan fingerprint density at radius 2 is 1.68 bits per heavy atom. The summed E-state index contributed by atoms with van der Waals surface area (Å²) in [6, 6.07) is 21.8. The second kappa shape index (κ2) is 13.8. The molecule has 1 aliphatic rings. The number of ether oxygens (including phenoxy) is 2. The van der Waals surface area contributed by atoms with E-state index in [0.29, 0.717) is 19.2 Å². The number of rotatable bonds is 14. The van der Waals surface area contributed by atoms with Gasteiger partial charge in [0.15, 0.2) is 17.0 Å². The number of nitrogens with zero attached hydrogens (tertiary/aromatic N) is 4. The van der Waals surface area contributed by atoms with Gasteiger partial charge >= 0.3 is 0 Å². The fourth-order valence-corrected chi connectivity index (χ4v) is 5.57. The summed E-state index contributed by atoms with van der Waals surface area (Å²) in [6.07, 6.45) is 6.65. The lowest BCUT2D eigenvalue weighted by molar-refractivity contribution is -0.0300. The molecule has 8 nitrogen and oxygen atoms in total. The zero-order valence-corrected chi connectivity index (χ0v) is 23.9. The van der Waals surface area contributed by atoms with Crippen molar-refractivity contribution in [3.8, 4) is 0 Å². The van der Waals surface area contributed by atoms with E-state index in [-0.39, 0.29) is 18.2 Å². The van der Waals surface area contributed by atoms with Crippen molar-refractivity contribution in [3.05, 3.63) is 83.9 Å². The van der Waals surface area contributed by atoms with Crippen LogP contribution in [-0.4, -0.2) is 58.5 Å². The first-order chi connectivity index (χ1) is 19.7. The maximum atomic E-state index is 6.29. The van der Waals surface area contributed by atoms with Gasteiger partial charge in [-0.2, -0.15) is 0 Å². The van der Waals surface area contributed by atoms with E-state index in [1.165, 1.54) is 11.1 Å². The molecule has 2 aromatic carbocycles. The number of anilines is 1. The smallest absolute Gasteiger partial charge is 0.167 e. The van der Waals surface area contributed by atoms with Gasteiger partial charge in [0.05, 0.1) is 19.0 Å². The second-order valence-electron chi connectivity index (χ2n) is 10.5. The number of hydrogen-bond donors (Lipinski definition) is 2. The predicted molar refractivity (Wildman–Crippen MR) is 160 cm³/mol. The Morgan fingerprint density at radius 3 is 2.33 bits per heavy atom. The molecule has 0 unspecified atom stereocenters. The van der Waals surface area contributed by atoms with Crippen LogP contribution >= 0.6 is 0 Å². The first-order valence-corrected chi connectivity index (χ1v) is 14.6. The molecule has 0 spiro atoms. The highest BCUT2D eigenvalue weighted by atomic mass is 16.5. The molecule has 0 saturated carbocycles. The molecule has 5 rings (SSSR count). The number of benzene rings is 2. The SMILES string of the molecule is CCC(CC)NCCc1nc(NCC(c2ccccc2)c2ccccc2)c2ncn([C@H]3CC[C@@H](COC)O3)c2n1. The number of fused-ring (bicyclic) bond motifs is 1. The van der Waals surface area contributed by atoms with E-state index in [9.17, 15) is 0 Å². The third-order valence-corrected chi connectivity index (χ3v) is 7.86. The van der Waals surface area contributed by atoms with Crippen LogP contribution in [0.2, 0.25) is 0 Å². The van der Waals surface area contributed by atoms with Gasteiger partial charge in [0.2, 0.25) is 0 Å². The van der Waals surface area contributed by atoms with Crippen LogP contribution in [0.3, 0.4) is 0 Å². The maximum absolute atomic E-state index is 6.29.